The predicted molar refractivity (Wildman–Crippen MR) is 136 cm³/mol. The SMILES string of the molecule is CC(C/C=C/C(C)(C)O)[C@@H]1CC[C@]2(C)[C@H]3CC[C@@]4(C(C)(C)O)OCCC[C@H]4[C@]3(C)CC[C@@]12C. The van der Waals surface area contributed by atoms with E-state index < -0.39 is 11.2 Å². The number of rotatable bonds is 5. The van der Waals surface area contributed by atoms with E-state index in [4.69, 9.17) is 4.74 Å². The second-order valence-corrected chi connectivity index (χ2v) is 14.3. The molecule has 0 bridgehead atoms. The van der Waals surface area contributed by atoms with Gasteiger partial charge in [-0.3, -0.25) is 0 Å². The molecule has 33 heavy (non-hydrogen) atoms. The second-order valence-electron chi connectivity index (χ2n) is 14.3. The molecule has 0 amide bonds. The van der Waals surface area contributed by atoms with Crippen molar-refractivity contribution in [3.8, 4) is 0 Å². The number of aliphatic hydroxyl groups is 2. The largest absolute Gasteiger partial charge is 0.387 e. The minimum absolute atomic E-state index is 0.242. The molecule has 1 saturated heterocycles. The molecule has 3 aliphatic carbocycles. The maximum atomic E-state index is 11.3. The summed E-state index contributed by atoms with van der Waals surface area (Å²) in [5.74, 6) is 2.53. The predicted octanol–water partition coefficient (Wildman–Crippen LogP) is 6.91. The van der Waals surface area contributed by atoms with Crippen LogP contribution in [0.3, 0.4) is 0 Å². The van der Waals surface area contributed by atoms with E-state index in [1.807, 2.05) is 33.8 Å². The third-order valence-corrected chi connectivity index (χ3v) is 11.8. The van der Waals surface area contributed by atoms with Crippen molar-refractivity contribution in [1.82, 2.24) is 0 Å². The zero-order valence-electron chi connectivity index (χ0n) is 22.8. The zero-order valence-corrected chi connectivity index (χ0v) is 22.8. The Morgan fingerprint density at radius 1 is 0.909 bits per heavy atom. The van der Waals surface area contributed by atoms with Gasteiger partial charge in [-0.25, -0.2) is 0 Å². The first-order chi connectivity index (χ1) is 15.1. The normalized spacial score (nSPS) is 47.2. The van der Waals surface area contributed by atoms with Crippen LogP contribution in [-0.2, 0) is 4.74 Å². The van der Waals surface area contributed by atoms with Crippen molar-refractivity contribution in [3.05, 3.63) is 12.2 Å². The monoisotopic (exact) mass is 460 g/mol. The van der Waals surface area contributed by atoms with Crippen LogP contribution in [0.15, 0.2) is 12.2 Å². The summed E-state index contributed by atoms with van der Waals surface area (Å²) in [6.07, 6.45) is 15.0. The topological polar surface area (TPSA) is 49.7 Å². The number of hydrogen-bond donors (Lipinski definition) is 2. The van der Waals surface area contributed by atoms with Crippen molar-refractivity contribution in [1.29, 1.82) is 0 Å². The number of ether oxygens (including phenoxy) is 1. The molecule has 1 heterocycles. The van der Waals surface area contributed by atoms with E-state index in [0.717, 1.165) is 31.8 Å². The van der Waals surface area contributed by atoms with E-state index in [1.54, 1.807) is 0 Å². The second kappa shape index (κ2) is 8.07. The van der Waals surface area contributed by atoms with Crippen LogP contribution in [0.4, 0.5) is 0 Å². The molecule has 2 N–H and O–H groups in total. The Morgan fingerprint density at radius 3 is 2.24 bits per heavy atom. The standard InChI is InChI=1S/C30H52O3/c1-21(11-9-15-25(2,3)31)22-13-16-29(8)23-14-17-30(26(4,5)32)24(12-10-20-33-30)27(23,6)18-19-28(22,29)7/h9,15,21-24,31-32H,10-14,16-20H2,1-8H3/b15-9+/t21?,22-,23-,24-,27+,28-,29+,30+/m0/s1. The average molecular weight is 461 g/mol. The summed E-state index contributed by atoms with van der Waals surface area (Å²) in [5, 5.41) is 21.4. The molecule has 0 aromatic heterocycles. The molecule has 8 atom stereocenters. The Hall–Kier alpha value is -0.380. The summed E-state index contributed by atoms with van der Waals surface area (Å²) < 4.78 is 6.57. The molecule has 1 unspecified atom stereocenters. The summed E-state index contributed by atoms with van der Waals surface area (Å²) in [4.78, 5) is 0. The van der Waals surface area contributed by atoms with E-state index in [-0.39, 0.29) is 11.0 Å². The number of hydrogen-bond acceptors (Lipinski definition) is 3. The van der Waals surface area contributed by atoms with Crippen LogP contribution in [0, 0.1) is 39.9 Å². The van der Waals surface area contributed by atoms with Crippen molar-refractivity contribution in [2.75, 3.05) is 6.61 Å². The van der Waals surface area contributed by atoms with Gasteiger partial charge in [-0.1, -0.05) is 39.8 Å². The van der Waals surface area contributed by atoms with E-state index in [9.17, 15) is 10.2 Å². The summed E-state index contributed by atoms with van der Waals surface area (Å²) >= 11 is 0. The summed E-state index contributed by atoms with van der Waals surface area (Å²) in [6, 6.07) is 0. The highest BCUT2D eigenvalue weighted by molar-refractivity contribution is 5.20. The quantitative estimate of drug-likeness (QED) is 0.438. The van der Waals surface area contributed by atoms with Crippen LogP contribution in [0.5, 0.6) is 0 Å². The molecular formula is C30H52O3. The summed E-state index contributed by atoms with van der Waals surface area (Å²) in [7, 11) is 0. The lowest BCUT2D eigenvalue weighted by molar-refractivity contribution is -0.291. The first-order valence-electron chi connectivity index (χ1n) is 13.9. The van der Waals surface area contributed by atoms with Crippen molar-refractivity contribution < 1.29 is 14.9 Å². The highest BCUT2D eigenvalue weighted by Crippen LogP contribution is 2.75. The molecule has 0 aromatic carbocycles. The molecule has 3 nitrogen and oxygen atoms in total. The molecule has 0 radical (unpaired) electrons. The summed E-state index contributed by atoms with van der Waals surface area (Å²) in [6.45, 7) is 18.8. The first-order valence-corrected chi connectivity index (χ1v) is 13.9. The third kappa shape index (κ3) is 3.78. The van der Waals surface area contributed by atoms with Crippen LogP contribution in [-0.4, -0.2) is 33.6 Å². The Labute approximate surface area is 203 Å². The van der Waals surface area contributed by atoms with Gasteiger partial charge in [-0.2, -0.15) is 0 Å². The lowest BCUT2D eigenvalue weighted by Gasteiger charge is -2.69. The molecule has 0 spiro atoms. The fourth-order valence-electron chi connectivity index (χ4n) is 9.92. The highest BCUT2D eigenvalue weighted by atomic mass is 16.5. The molecule has 4 fully saturated rings. The van der Waals surface area contributed by atoms with E-state index in [0.29, 0.717) is 28.6 Å². The Balaban J connectivity index is 1.62. The third-order valence-electron chi connectivity index (χ3n) is 11.8. The number of fused-ring (bicyclic) bond motifs is 5. The Morgan fingerprint density at radius 2 is 1.61 bits per heavy atom. The fourth-order valence-corrected chi connectivity index (χ4v) is 9.92. The van der Waals surface area contributed by atoms with Crippen LogP contribution in [0.25, 0.3) is 0 Å². The lowest BCUT2D eigenvalue weighted by atomic mass is 9.37. The minimum atomic E-state index is -0.798. The van der Waals surface area contributed by atoms with E-state index in [2.05, 4.69) is 33.8 Å². The Kier molecular flexibility index (Phi) is 6.28. The van der Waals surface area contributed by atoms with Gasteiger partial charge < -0.3 is 14.9 Å². The molecule has 4 rings (SSSR count). The van der Waals surface area contributed by atoms with Crippen molar-refractivity contribution in [2.24, 2.45) is 39.9 Å². The number of allylic oxidation sites excluding steroid dienone is 1. The fraction of sp³-hybridized carbons (Fsp3) is 0.933. The van der Waals surface area contributed by atoms with Gasteiger partial charge in [-0.15, -0.1) is 0 Å². The first kappa shape index (κ1) is 25.7. The van der Waals surface area contributed by atoms with Gasteiger partial charge in [-0.05, 0) is 125 Å². The molecule has 1 aliphatic heterocycles. The van der Waals surface area contributed by atoms with Gasteiger partial charge in [0.25, 0.3) is 0 Å². The minimum Gasteiger partial charge on any atom is -0.387 e. The molecule has 4 aliphatic rings. The van der Waals surface area contributed by atoms with Crippen LogP contribution in [0.2, 0.25) is 0 Å². The smallest absolute Gasteiger partial charge is 0.0995 e. The van der Waals surface area contributed by atoms with Crippen molar-refractivity contribution in [2.45, 2.75) is 130 Å². The van der Waals surface area contributed by atoms with Gasteiger partial charge in [0, 0.05) is 6.61 Å². The zero-order chi connectivity index (χ0) is 24.5. The maximum Gasteiger partial charge on any atom is 0.0995 e. The molecular weight excluding hydrogens is 408 g/mol. The molecule has 0 aromatic rings. The van der Waals surface area contributed by atoms with Crippen LogP contribution in [0.1, 0.15) is 113 Å². The van der Waals surface area contributed by atoms with E-state index >= 15 is 0 Å². The molecule has 3 saturated carbocycles. The van der Waals surface area contributed by atoms with Crippen LogP contribution >= 0.6 is 0 Å². The van der Waals surface area contributed by atoms with Crippen molar-refractivity contribution in [3.63, 3.8) is 0 Å². The van der Waals surface area contributed by atoms with Gasteiger partial charge in [0.15, 0.2) is 0 Å². The summed E-state index contributed by atoms with van der Waals surface area (Å²) in [5.41, 5.74) is -0.948. The maximum absolute atomic E-state index is 11.3. The average Bonchev–Trinajstić information content (AvgIpc) is 2.97. The van der Waals surface area contributed by atoms with Gasteiger partial charge in [0.2, 0.25) is 0 Å². The van der Waals surface area contributed by atoms with Gasteiger partial charge in [0.05, 0.1) is 16.8 Å². The van der Waals surface area contributed by atoms with Crippen molar-refractivity contribution >= 4 is 0 Å². The molecule has 3 heteroatoms. The van der Waals surface area contributed by atoms with E-state index in [1.165, 1.54) is 38.5 Å². The lowest BCUT2D eigenvalue weighted by Crippen LogP contribution is -2.69. The molecule has 190 valence electrons. The van der Waals surface area contributed by atoms with Gasteiger partial charge in [0.1, 0.15) is 0 Å². The highest BCUT2D eigenvalue weighted by Gasteiger charge is 2.71. The van der Waals surface area contributed by atoms with Gasteiger partial charge >= 0.3 is 0 Å². The van der Waals surface area contributed by atoms with Crippen LogP contribution < -0.4 is 0 Å². The Bertz CT molecular complexity index is 759.